The van der Waals surface area contributed by atoms with E-state index in [0.717, 1.165) is 24.0 Å². The summed E-state index contributed by atoms with van der Waals surface area (Å²) in [5, 5.41) is 1.27. The summed E-state index contributed by atoms with van der Waals surface area (Å²) in [5.41, 5.74) is 10.6. The highest BCUT2D eigenvalue weighted by molar-refractivity contribution is 9.10. The van der Waals surface area contributed by atoms with Gasteiger partial charge in [-0.15, -0.1) is 0 Å². The van der Waals surface area contributed by atoms with E-state index in [0.29, 0.717) is 68.5 Å². The van der Waals surface area contributed by atoms with Gasteiger partial charge in [0.1, 0.15) is 19.0 Å². The largest absolute Gasteiger partial charge is 0.497 e. The highest BCUT2D eigenvalue weighted by atomic mass is 79.9. The molecule has 256 valence electrons. The van der Waals surface area contributed by atoms with Crippen LogP contribution in [0.5, 0.6) is 5.75 Å². The van der Waals surface area contributed by atoms with E-state index in [1.807, 2.05) is 31.0 Å². The zero-order valence-corrected chi connectivity index (χ0v) is 30.3. The molecule has 0 aliphatic carbocycles. The summed E-state index contributed by atoms with van der Waals surface area (Å²) in [6.07, 6.45) is -0.0227. The average molecular weight is 742 g/mol. The second-order valence-corrected chi connectivity index (χ2v) is 12.7. The average Bonchev–Trinajstić information content (AvgIpc) is 3.34. The summed E-state index contributed by atoms with van der Waals surface area (Å²) in [6.45, 7) is 9.55. The Balaban J connectivity index is 1.32. The van der Waals surface area contributed by atoms with Gasteiger partial charge in [-0.1, -0.05) is 25.4 Å². The molecule has 0 fully saturated rings. The SMILES string of the molecule is CCN(CC)Cc1cc(C(=O)OCCN(C)CCOC(=O)Cc2c(C)n(C(=O)c3ccc(Cl)cc3)c3ccc(OC)cc23)cc(Br)c1N. The van der Waals surface area contributed by atoms with Gasteiger partial charge in [-0.2, -0.15) is 0 Å². The van der Waals surface area contributed by atoms with E-state index in [-0.39, 0.29) is 25.5 Å². The lowest BCUT2D eigenvalue weighted by Gasteiger charge is -2.20. The van der Waals surface area contributed by atoms with E-state index in [9.17, 15) is 14.4 Å². The number of ether oxygens (including phenoxy) is 3. The fourth-order valence-corrected chi connectivity index (χ4v) is 6.03. The maximum atomic E-state index is 13.5. The molecule has 48 heavy (non-hydrogen) atoms. The Morgan fingerprint density at radius 2 is 1.60 bits per heavy atom. The first-order valence-corrected chi connectivity index (χ1v) is 16.9. The number of hydrogen-bond donors (Lipinski definition) is 1. The lowest BCUT2D eigenvalue weighted by molar-refractivity contribution is -0.143. The molecular weight excluding hydrogens is 700 g/mol. The van der Waals surface area contributed by atoms with Gasteiger partial charge in [-0.05, 0) is 109 Å². The van der Waals surface area contributed by atoms with Crippen molar-refractivity contribution in [3.8, 4) is 5.75 Å². The molecule has 4 rings (SSSR count). The van der Waals surface area contributed by atoms with Crippen molar-refractivity contribution in [2.45, 2.75) is 33.7 Å². The van der Waals surface area contributed by atoms with Gasteiger partial charge in [0.2, 0.25) is 0 Å². The molecule has 0 atom stereocenters. The second-order valence-electron chi connectivity index (χ2n) is 11.4. The van der Waals surface area contributed by atoms with Crippen molar-refractivity contribution in [1.29, 1.82) is 0 Å². The lowest BCUT2D eigenvalue weighted by atomic mass is 10.1. The predicted octanol–water partition coefficient (Wildman–Crippen LogP) is 6.36. The second kappa shape index (κ2) is 17.0. The fraction of sp³-hybridized carbons (Fsp3) is 0.361. The lowest BCUT2D eigenvalue weighted by Crippen LogP contribution is -2.29. The van der Waals surface area contributed by atoms with Crippen molar-refractivity contribution < 1.29 is 28.6 Å². The number of nitrogens with two attached hydrogens (primary N) is 1. The van der Waals surface area contributed by atoms with Gasteiger partial charge in [-0.25, -0.2) is 4.79 Å². The minimum absolute atomic E-state index is 0.0227. The number of methoxy groups -OCH3 is 1. The quantitative estimate of drug-likeness (QED) is 0.110. The van der Waals surface area contributed by atoms with Crippen LogP contribution in [0.3, 0.4) is 0 Å². The van der Waals surface area contributed by atoms with E-state index in [2.05, 4.69) is 34.7 Å². The molecule has 10 nitrogen and oxygen atoms in total. The molecule has 4 aromatic rings. The third-order valence-corrected chi connectivity index (χ3v) is 9.25. The number of nitrogens with zero attached hydrogens (tertiary/aromatic N) is 3. The number of esters is 2. The van der Waals surface area contributed by atoms with Crippen LogP contribution < -0.4 is 10.5 Å². The van der Waals surface area contributed by atoms with Gasteiger partial charge >= 0.3 is 11.9 Å². The van der Waals surface area contributed by atoms with E-state index < -0.39 is 11.9 Å². The molecule has 3 aromatic carbocycles. The molecule has 0 radical (unpaired) electrons. The van der Waals surface area contributed by atoms with Crippen molar-refractivity contribution in [1.82, 2.24) is 14.4 Å². The Hall–Kier alpha value is -3.90. The number of aromatic nitrogens is 1. The number of benzene rings is 3. The summed E-state index contributed by atoms with van der Waals surface area (Å²) in [6, 6.07) is 15.5. The minimum atomic E-state index is -0.433. The Morgan fingerprint density at radius 1 is 0.938 bits per heavy atom. The van der Waals surface area contributed by atoms with Crippen LogP contribution in [0.2, 0.25) is 5.02 Å². The first-order valence-electron chi connectivity index (χ1n) is 15.8. The Labute approximate surface area is 294 Å². The highest BCUT2D eigenvalue weighted by Gasteiger charge is 2.23. The summed E-state index contributed by atoms with van der Waals surface area (Å²) in [7, 11) is 3.42. The molecule has 1 heterocycles. The zero-order valence-electron chi connectivity index (χ0n) is 28.0. The Morgan fingerprint density at radius 3 is 2.25 bits per heavy atom. The van der Waals surface area contributed by atoms with E-state index in [1.54, 1.807) is 54.1 Å². The molecule has 12 heteroatoms. The van der Waals surface area contributed by atoms with Gasteiger partial charge in [0.05, 0.1) is 30.3 Å². The fourth-order valence-electron chi connectivity index (χ4n) is 5.41. The van der Waals surface area contributed by atoms with Crippen LogP contribution in [0, 0.1) is 6.92 Å². The first kappa shape index (κ1) is 36.9. The third-order valence-electron chi connectivity index (χ3n) is 8.34. The summed E-state index contributed by atoms with van der Waals surface area (Å²) < 4.78 is 18.8. The molecule has 0 aliphatic rings. The summed E-state index contributed by atoms with van der Waals surface area (Å²) in [5.74, 6) is -0.477. The summed E-state index contributed by atoms with van der Waals surface area (Å²) in [4.78, 5) is 43.5. The van der Waals surface area contributed by atoms with Gasteiger partial charge in [0.25, 0.3) is 5.91 Å². The van der Waals surface area contributed by atoms with Crippen molar-refractivity contribution >= 4 is 62.0 Å². The van der Waals surface area contributed by atoms with Crippen LogP contribution >= 0.6 is 27.5 Å². The number of carbonyl (C=O) groups excluding carboxylic acids is 3. The van der Waals surface area contributed by atoms with Crippen molar-refractivity contribution in [3.63, 3.8) is 0 Å². The van der Waals surface area contributed by atoms with Crippen LogP contribution in [-0.4, -0.2) is 85.8 Å². The highest BCUT2D eigenvalue weighted by Crippen LogP contribution is 2.31. The van der Waals surface area contributed by atoms with Gasteiger partial charge < -0.3 is 19.9 Å². The molecule has 0 unspecified atom stereocenters. The maximum Gasteiger partial charge on any atom is 0.338 e. The Kier molecular flexibility index (Phi) is 13.1. The van der Waals surface area contributed by atoms with Crippen LogP contribution in [0.4, 0.5) is 5.69 Å². The van der Waals surface area contributed by atoms with Crippen LogP contribution in [0.25, 0.3) is 10.9 Å². The predicted molar refractivity (Wildman–Crippen MR) is 192 cm³/mol. The standard InChI is InChI=1S/C36H42BrClN4O6/c1-6-41(7-2)22-26-18-25(19-31(37)34(26)39)36(45)48-17-15-40(4)14-16-47-33(43)21-29-23(3)42(32-13-12-28(46-5)20-30(29)32)35(44)24-8-10-27(38)11-9-24/h8-13,18-20H,6-7,14-17,21-22,39H2,1-5H3. The van der Waals surface area contributed by atoms with Crippen molar-refractivity contribution in [2.24, 2.45) is 0 Å². The minimum Gasteiger partial charge on any atom is -0.497 e. The maximum absolute atomic E-state index is 13.5. The normalized spacial score (nSPS) is 11.4. The Bertz CT molecular complexity index is 1770. The number of rotatable bonds is 15. The van der Waals surface area contributed by atoms with Crippen LogP contribution in [-0.2, 0) is 27.2 Å². The molecule has 2 N–H and O–H groups in total. The number of likely N-dealkylation sites (N-methyl/N-ethyl adjacent to an activating group) is 1. The smallest absolute Gasteiger partial charge is 0.338 e. The van der Waals surface area contributed by atoms with Gasteiger partial charge in [0, 0.05) is 45.8 Å². The van der Waals surface area contributed by atoms with Crippen molar-refractivity contribution in [2.75, 3.05) is 59.3 Å². The van der Waals surface area contributed by atoms with E-state index >= 15 is 0 Å². The first-order chi connectivity index (χ1) is 23.0. The molecule has 0 saturated carbocycles. The molecule has 0 saturated heterocycles. The molecule has 0 amide bonds. The monoisotopic (exact) mass is 740 g/mol. The van der Waals surface area contributed by atoms with E-state index in [1.165, 1.54) is 0 Å². The number of hydrogen-bond acceptors (Lipinski definition) is 9. The molecular formula is C36H42BrClN4O6. The van der Waals surface area contributed by atoms with Crippen molar-refractivity contribution in [3.05, 3.63) is 92.0 Å². The number of carbonyl (C=O) groups is 3. The number of anilines is 1. The number of fused-ring (bicyclic) bond motifs is 1. The van der Waals surface area contributed by atoms with E-state index in [4.69, 9.17) is 31.5 Å². The third kappa shape index (κ3) is 8.96. The number of halogens is 2. The van der Waals surface area contributed by atoms with Gasteiger partial charge in [-0.3, -0.25) is 24.0 Å². The topological polar surface area (TPSA) is 116 Å². The van der Waals surface area contributed by atoms with Crippen LogP contribution in [0.15, 0.2) is 59.1 Å². The zero-order chi connectivity index (χ0) is 35.0. The molecule has 0 aliphatic heterocycles. The molecule has 0 bridgehead atoms. The summed E-state index contributed by atoms with van der Waals surface area (Å²) >= 11 is 9.49. The van der Waals surface area contributed by atoms with Crippen LogP contribution in [0.1, 0.15) is 51.4 Å². The molecule has 1 aromatic heterocycles. The number of nitrogen functional groups attached to an aromatic ring is 1. The molecule has 0 spiro atoms. The van der Waals surface area contributed by atoms with Gasteiger partial charge in [0.15, 0.2) is 0 Å².